The number of thiazole rings is 1. The van der Waals surface area contributed by atoms with E-state index in [1.54, 1.807) is 23.7 Å². The highest BCUT2D eigenvalue weighted by Crippen LogP contribution is 2.18. The molecule has 0 saturated carbocycles. The van der Waals surface area contributed by atoms with Gasteiger partial charge in [-0.2, -0.15) is 0 Å². The summed E-state index contributed by atoms with van der Waals surface area (Å²) in [6.07, 6.45) is 3.71. The number of rotatable bonds is 6. The summed E-state index contributed by atoms with van der Waals surface area (Å²) in [6, 6.07) is 4.72. The van der Waals surface area contributed by atoms with Gasteiger partial charge >= 0.3 is 0 Å². The summed E-state index contributed by atoms with van der Waals surface area (Å²) in [6.45, 7) is -0.344. The summed E-state index contributed by atoms with van der Waals surface area (Å²) >= 11 is 1.31. The third-order valence-electron chi connectivity index (χ3n) is 3.91. The fourth-order valence-electron chi connectivity index (χ4n) is 2.64. The summed E-state index contributed by atoms with van der Waals surface area (Å²) < 4.78 is 19.0. The van der Waals surface area contributed by atoms with Crippen molar-refractivity contribution in [2.45, 2.75) is 24.7 Å². The van der Waals surface area contributed by atoms with Gasteiger partial charge in [-0.3, -0.25) is 9.59 Å². The smallest absolute Gasteiger partial charge is 0.251 e. The number of hydrogen-bond donors (Lipinski definition) is 3. The Morgan fingerprint density at radius 2 is 2.19 bits per heavy atom. The molecule has 2 aromatic rings. The molecule has 1 aliphatic heterocycles. The Balaban J connectivity index is 1.59. The lowest BCUT2D eigenvalue weighted by Gasteiger charge is -2.31. The van der Waals surface area contributed by atoms with Gasteiger partial charge in [-0.05, 0) is 18.2 Å². The Morgan fingerprint density at radius 3 is 2.89 bits per heavy atom. The van der Waals surface area contributed by atoms with Gasteiger partial charge in [0.15, 0.2) is 5.13 Å². The molecule has 7 nitrogen and oxygen atoms in total. The van der Waals surface area contributed by atoms with Crippen molar-refractivity contribution in [2.24, 2.45) is 0 Å². The number of ether oxygens (including phenoxy) is 1. The average molecular weight is 391 g/mol. The molecule has 27 heavy (non-hydrogen) atoms. The molecule has 0 saturated heterocycles. The molecular formula is C18H18FN3O4S. The van der Waals surface area contributed by atoms with Crippen molar-refractivity contribution in [3.05, 3.63) is 59.4 Å². The number of hydrogen-bond acceptors (Lipinski definition) is 6. The first kappa shape index (κ1) is 19.2. The number of anilines is 1. The van der Waals surface area contributed by atoms with Crippen molar-refractivity contribution in [1.29, 1.82) is 0 Å². The number of nitrogens with zero attached hydrogens (tertiary/aromatic N) is 1. The Hall–Kier alpha value is -2.62. The minimum atomic E-state index is -0.717. The maximum Gasteiger partial charge on any atom is 0.251 e. The number of benzene rings is 1. The lowest BCUT2D eigenvalue weighted by atomic mass is 10.0. The number of carbonyl (C=O) groups is 2. The maximum absolute atomic E-state index is 13.3. The van der Waals surface area contributed by atoms with E-state index >= 15 is 0 Å². The highest BCUT2D eigenvalue weighted by Gasteiger charge is 2.29. The summed E-state index contributed by atoms with van der Waals surface area (Å²) in [4.78, 5) is 28.2. The molecule has 2 heterocycles. The van der Waals surface area contributed by atoms with E-state index in [2.05, 4.69) is 15.6 Å². The van der Waals surface area contributed by atoms with Crippen LogP contribution in [0.25, 0.3) is 0 Å². The fourth-order valence-corrected chi connectivity index (χ4v) is 3.18. The van der Waals surface area contributed by atoms with Gasteiger partial charge in [0.25, 0.3) is 5.91 Å². The number of amides is 2. The predicted octanol–water partition coefficient (Wildman–Crippen LogP) is 1.73. The lowest BCUT2D eigenvalue weighted by Crippen LogP contribution is -2.48. The molecular weight excluding hydrogens is 373 g/mol. The quantitative estimate of drug-likeness (QED) is 0.651. The van der Waals surface area contributed by atoms with Gasteiger partial charge in [-0.15, -0.1) is 11.3 Å². The van der Waals surface area contributed by atoms with Gasteiger partial charge in [0.2, 0.25) is 5.91 Å². The number of nitrogens with one attached hydrogen (secondary N) is 2. The molecule has 3 rings (SSSR count). The molecule has 9 heteroatoms. The van der Waals surface area contributed by atoms with E-state index < -0.39 is 30.0 Å². The Kier molecular flexibility index (Phi) is 6.28. The topological polar surface area (TPSA) is 101 Å². The van der Waals surface area contributed by atoms with E-state index in [9.17, 15) is 19.1 Å². The third kappa shape index (κ3) is 5.19. The van der Waals surface area contributed by atoms with E-state index in [4.69, 9.17) is 4.74 Å². The molecule has 1 aliphatic rings. The van der Waals surface area contributed by atoms with Crippen LogP contribution in [0, 0.1) is 5.82 Å². The highest BCUT2D eigenvalue weighted by molar-refractivity contribution is 7.13. The third-order valence-corrected chi connectivity index (χ3v) is 4.60. The normalized spacial score (nSPS) is 21.6. The maximum atomic E-state index is 13.3. The van der Waals surface area contributed by atoms with Gasteiger partial charge < -0.3 is 20.5 Å². The number of aliphatic hydroxyl groups is 1. The van der Waals surface area contributed by atoms with Crippen LogP contribution in [0.15, 0.2) is 48.0 Å². The van der Waals surface area contributed by atoms with E-state index in [1.807, 2.05) is 0 Å². The van der Waals surface area contributed by atoms with Crippen LogP contribution >= 0.6 is 11.3 Å². The second kappa shape index (κ2) is 8.85. The number of aliphatic hydroxyl groups excluding tert-OH is 1. The van der Waals surface area contributed by atoms with E-state index in [-0.39, 0.29) is 24.5 Å². The van der Waals surface area contributed by atoms with Gasteiger partial charge in [0, 0.05) is 17.1 Å². The van der Waals surface area contributed by atoms with Gasteiger partial charge in [-0.25, -0.2) is 9.37 Å². The van der Waals surface area contributed by atoms with E-state index in [0.29, 0.717) is 5.13 Å². The van der Waals surface area contributed by atoms with Gasteiger partial charge in [0.1, 0.15) is 11.9 Å². The average Bonchev–Trinajstić information content (AvgIpc) is 3.15. The van der Waals surface area contributed by atoms with Crippen LogP contribution in [0.3, 0.4) is 0 Å². The van der Waals surface area contributed by atoms with Crippen LogP contribution in [0.5, 0.6) is 0 Å². The van der Waals surface area contributed by atoms with Crippen LogP contribution in [0.2, 0.25) is 0 Å². The predicted molar refractivity (Wildman–Crippen MR) is 97.9 cm³/mol. The molecule has 3 atom stereocenters. The molecule has 0 radical (unpaired) electrons. The summed E-state index contributed by atoms with van der Waals surface area (Å²) in [5.74, 6) is -1.26. The van der Waals surface area contributed by atoms with Crippen LogP contribution in [0.1, 0.15) is 16.8 Å². The molecule has 0 aliphatic carbocycles. The number of aromatic nitrogens is 1. The van der Waals surface area contributed by atoms with E-state index in [0.717, 1.165) is 6.07 Å². The molecule has 1 aromatic heterocycles. The first-order valence-electron chi connectivity index (χ1n) is 8.25. The van der Waals surface area contributed by atoms with Crippen molar-refractivity contribution in [3.63, 3.8) is 0 Å². The van der Waals surface area contributed by atoms with Gasteiger partial charge in [-0.1, -0.05) is 18.2 Å². The molecule has 1 aromatic carbocycles. The van der Waals surface area contributed by atoms with Crippen LogP contribution in [-0.2, 0) is 9.53 Å². The highest BCUT2D eigenvalue weighted by atomic mass is 32.1. The molecule has 142 valence electrons. The Bertz CT molecular complexity index is 828. The van der Waals surface area contributed by atoms with Gasteiger partial charge in [0.05, 0.1) is 25.2 Å². The monoisotopic (exact) mass is 391 g/mol. The first-order chi connectivity index (χ1) is 13.0. The standard InChI is InChI=1S/C18H18FN3O4S/c19-12-3-1-2-11(8-12)17(25)21-14-5-4-13(26-15(14)10-23)9-16(24)22-18-20-6-7-27-18/h1-8,13-15,23H,9-10H2,(H,21,25)(H,20,22,24)/t13-,14-,15+/m1/s1. The lowest BCUT2D eigenvalue weighted by molar-refractivity contribution is -0.120. The van der Waals surface area contributed by atoms with Crippen molar-refractivity contribution >= 4 is 28.3 Å². The molecule has 0 bridgehead atoms. The molecule has 0 unspecified atom stereocenters. The number of halogens is 1. The van der Waals surface area contributed by atoms with Crippen LogP contribution < -0.4 is 10.6 Å². The first-order valence-corrected chi connectivity index (χ1v) is 9.13. The molecule has 2 amide bonds. The fraction of sp³-hybridized carbons (Fsp3) is 0.278. The second-order valence-corrected chi connectivity index (χ2v) is 6.77. The van der Waals surface area contributed by atoms with Crippen molar-refractivity contribution in [1.82, 2.24) is 10.3 Å². The second-order valence-electron chi connectivity index (χ2n) is 5.88. The van der Waals surface area contributed by atoms with Crippen LogP contribution in [0.4, 0.5) is 9.52 Å². The zero-order valence-electron chi connectivity index (χ0n) is 14.2. The number of carbonyl (C=O) groups excluding carboxylic acids is 2. The molecule has 0 fully saturated rings. The summed E-state index contributed by atoms with van der Waals surface area (Å²) in [5, 5.41) is 17.2. The Morgan fingerprint density at radius 1 is 1.33 bits per heavy atom. The van der Waals surface area contributed by atoms with Crippen molar-refractivity contribution < 1.29 is 23.8 Å². The summed E-state index contributed by atoms with van der Waals surface area (Å²) in [5.41, 5.74) is 0.171. The molecule has 3 N–H and O–H groups in total. The van der Waals surface area contributed by atoms with Crippen molar-refractivity contribution in [2.75, 3.05) is 11.9 Å². The minimum Gasteiger partial charge on any atom is -0.394 e. The van der Waals surface area contributed by atoms with Crippen LogP contribution in [-0.4, -0.2) is 46.8 Å². The SMILES string of the molecule is O=C(C[C@H]1C=C[C@@H](NC(=O)c2cccc(F)c2)[C@H](CO)O1)Nc1nccs1. The largest absolute Gasteiger partial charge is 0.394 e. The zero-order valence-corrected chi connectivity index (χ0v) is 15.0. The summed E-state index contributed by atoms with van der Waals surface area (Å²) in [7, 11) is 0. The van der Waals surface area contributed by atoms with Crippen molar-refractivity contribution in [3.8, 4) is 0 Å². The molecule has 0 spiro atoms. The minimum absolute atomic E-state index is 0.0527. The zero-order chi connectivity index (χ0) is 19.2. The van der Waals surface area contributed by atoms with E-state index in [1.165, 1.54) is 29.5 Å². The Labute approximate surface area is 158 Å².